The SMILES string of the molecule is CC1(C)c2ccccc2-c2cc3c(ccc4cc(-c5cc(-c6ccccc6)nc(-c6ccc(-c7cnc(-c8ccccc8)nc7)cc6)n5)ccc43)cc21. The van der Waals surface area contributed by atoms with E-state index in [9.17, 15) is 0 Å². The second-order valence-electron chi connectivity index (χ2n) is 14.4. The monoisotopic (exact) mass is 678 g/mol. The summed E-state index contributed by atoms with van der Waals surface area (Å²) in [7, 11) is 0. The number of fused-ring (bicyclic) bond motifs is 6. The van der Waals surface area contributed by atoms with Gasteiger partial charge < -0.3 is 0 Å². The van der Waals surface area contributed by atoms with Gasteiger partial charge in [-0.2, -0.15) is 0 Å². The molecule has 0 amide bonds. The van der Waals surface area contributed by atoms with E-state index in [0.717, 1.165) is 44.8 Å². The summed E-state index contributed by atoms with van der Waals surface area (Å²) < 4.78 is 0. The molecule has 0 aliphatic heterocycles. The predicted molar refractivity (Wildman–Crippen MR) is 217 cm³/mol. The lowest BCUT2D eigenvalue weighted by Gasteiger charge is -2.21. The van der Waals surface area contributed by atoms with Crippen LogP contribution in [0.25, 0.3) is 89.1 Å². The molecule has 9 aromatic rings. The highest BCUT2D eigenvalue weighted by molar-refractivity contribution is 6.10. The van der Waals surface area contributed by atoms with Crippen LogP contribution >= 0.6 is 0 Å². The molecule has 0 unspecified atom stereocenters. The number of hydrogen-bond donors (Lipinski definition) is 0. The fourth-order valence-corrected chi connectivity index (χ4v) is 7.93. The van der Waals surface area contributed by atoms with Crippen molar-refractivity contribution < 1.29 is 0 Å². The molecule has 0 spiro atoms. The van der Waals surface area contributed by atoms with Gasteiger partial charge in [-0.3, -0.25) is 0 Å². The van der Waals surface area contributed by atoms with Gasteiger partial charge in [0, 0.05) is 45.6 Å². The lowest BCUT2D eigenvalue weighted by molar-refractivity contribution is 0.661. The molecule has 250 valence electrons. The van der Waals surface area contributed by atoms with Crippen molar-refractivity contribution in [1.82, 2.24) is 19.9 Å². The van der Waals surface area contributed by atoms with Gasteiger partial charge in [0.25, 0.3) is 0 Å². The molecule has 1 aliphatic rings. The number of aromatic nitrogens is 4. The van der Waals surface area contributed by atoms with Crippen molar-refractivity contribution in [2.24, 2.45) is 0 Å². The molecular weight excluding hydrogens is 645 g/mol. The summed E-state index contributed by atoms with van der Waals surface area (Å²) in [5, 5.41) is 4.97. The lowest BCUT2D eigenvalue weighted by atomic mass is 9.81. The van der Waals surface area contributed by atoms with E-state index in [1.165, 1.54) is 43.8 Å². The molecule has 0 saturated carbocycles. The first-order chi connectivity index (χ1) is 26.0. The van der Waals surface area contributed by atoms with Crippen molar-refractivity contribution in [2.75, 3.05) is 0 Å². The fourth-order valence-electron chi connectivity index (χ4n) is 7.93. The van der Waals surface area contributed by atoms with Crippen LogP contribution in [-0.2, 0) is 5.41 Å². The summed E-state index contributed by atoms with van der Waals surface area (Å²) in [6, 6.07) is 55.7. The zero-order valence-corrected chi connectivity index (χ0v) is 29.5. The maximum absolute atomic E-state index is 5.17. The van der Waals surface area contributed by atoms with E-state index in [1.807, 2.05) is 60.9 Å². The van der Waals surface area contributed by atoms with Crippen LogP contribution in [0, 0.1) is 0 Å². The molecule has 0 bridgehead atoms. The van der Waals surface area contributed by atoms with Gasteiger partial charge in [-0.05, 0) is 73.6 Å². The van der Waals surface area contributed by atoms with Crippen LogP contribution in [0.4, 0.5) is 0 Å². The maximum atomic E-state index is 5.17. The van der Waals surface area contributed by atoms with Crippen molar-refractivity contribution in [3.8, 4) is 67.5 Å². The van der Waals surface area contributed by atoms with E-state index in [2.05, 4.69) is 133 Å². The van der Waals surface area contributed by atoms with E-state index in [-0.39, 0.29) is 5.41 Å². The van der Waals surface area contributed by atoms with Crippen LogP contribution in [0.1, 0.15) is 25.0 Å². The van der Waals surface area contributed by atoms with Crippen LogP contribution in [-0.4, -0.2) is 19.9 Å². The van der Waals surface area contributed by atoms with E-state index in [4.69, 9.17) is 9.97 Å². The molecule has 0 fully saturated rings. The third-order valence-corrected chi connectivity index (χ3v) is 10.8. The topological polar surface area (TPSA) is 51.6 Å². The normalized spacial score (nSPS) is 12.9. The van der Waals surface area contributed by atoms with Gasteiger partial charge in [0.1, 0.15) is 0 Å². The maximum Gasteiger partial charge on any atom is 0.160 e. The third-order valence-electron chi connectivity index (χ3n) is 10.8. The summed E-state index contributed by atoms with van der Waals surface area (Å²) in [6.45, 7) is 4.68. The second kappa shape index (κ2) is 12.2. The Kier molecular flexibility index (Phi) is 7.12. The average Bonchev–Trinajstić information content (AvgIpc) is 3.45. The van der Waals surface area contributed by atoms with Crippen molar-refractivity contribution in [1.29, 1.82) is 0 Å². The first-order valence-corrected chi connectivity index (χ1v) is 18.0. The van der Waals surface area contributed by atoms with E-state index in [0.29, 0.717) is 11.6 Å². The summed E-state index contributed by atoms with van der Waals surface area (Å²) in [4.78, 5) is 19.5. The van der Waals surface area contributed by atoms with E-state index in [1.54, 1.807) is 0 Å². The van der Waals surface area contributed by atoms with Crippen LogP contribution in [0.2, 0.25) is 0 Å². The Balaban J connectivity index is 1.04. The van der Waals surface area contributed by atoms with Crippen LogP contribution in [0.3, 0.4) is 0 Å². The zero-order chi connectivity index (χ0) is 35.5. The first kappa shape index (κ1) is 31.0. The minimum absolute atomic E-state index is 0.0248. The van der Waals surface area contributed by atoms with Gasteiger partial charge in [-0.1, -0.05) is 147 Å². The largest absolute Gasteiger partial charge is 0.236 e. The molecule has 53 heavy (non-hydrogen) atoms. The molecule has 1 aliphatic carbocycles. The van der Waals surface area contributed by atoms with Gasteiger partial charge in [0.2, 0.25) is 0 Å². The standard InChI is InChI=1S/C49H34N4/c1-49(2)43-16-10-9-15-40(43)42-27-41-36(26-44(42)49)22-21-35-25-37(23-24-39(35)41)46-28-45(32-11-5-3-6-12-32)52-48(53-46)34-19-17-31(18-20-34)38-29-50-47(51-30-38)33-13-7-4-8-14-33/h3-30H,1-2H3. The highest BCUT2D eigenvalue weighted by Gasteiger charge is 2.35. The summed E-state index contributed by atoms with van der Waals surface area (Å²) >= 11 is 0. The van der Waals surface area contributed by atoms with Crippen LogP contribution in [0.15, 0.2) is 170 Å². The molecule has 0 saturated heterocycles. The number of benzene rings is 7. The summed E-state index contributed by atoms with van der Waals surface area (Å²) in [5.41, 5.74) is 13.2. The van der Waals surface area contributed by atoms with Crippen molar-refractivity contribution in [3.05, 3.63) is 181 Å². The molecule has 2 aromatic heterocycles. The Morgan fingerprint density at radius 3 is 1.70 bits per heavy atom. The quantitative estimate of drug-likeness (QED) is 0.170. The van der Waals surface area contributed by atoms with E-state index >= 15 is 0 Å². The molecule has 0 atom stereocenters. The van der Waals surface area contributed by atoms with Crippen molar-refractivity contribution >= 4 is 21.5 Å². The lowest BCUT2D eigenvalue weighted by Crippen LogP contribution is -2.14. The highest BCUT2D eigenvalue weighted by atomic mass is 14.9. The fraction of sp³-hybridized carbons (Fsp3) is 0.0612. The minimum Gasteiger partial charge on any atom is -0.236 e. The molecule has 2 heterocycles. The molecule has 7 aromatic carbocycles. The van der Waals surface area contributed by atoms with Crippen molar-refractivity contribution in [2.45, 2.75) is 19.3 Å². The molecule has 4 heteroatoms. The van der Waals surface area contributed by atoms with Gasteiger partial charge in [-0.25, -0.2) is 19.9 Å². The average molecular weight is 679 g/mol. The number of rotatable bonds is 5. The second-order valence-corrected chi connectivity index (χ2v) is 14.4. The predicted octanol–water partition coefficient (Wildman–Crippen LogP) is 12.2. The van der Waals surface area contributed by atoms with Gasteiger partial charge in [-0.15, -0.1) is 0 Å². The first-order valence-electron chi connectivity index (χ1n) is 18.0. The van der Waals surface area contributed by atoms with Gasteiger partial charge in [0.15, 0.2) is 11.6 Å². The molecule has 4 nitrogen and oxygen atoms in total. The van der Waals surface area contributed by atoms with Crippen LogP contribution < -0.4 is 0 Å². The Bertz CT molecular complexity index is 2830. The Morgan fingerprint density at radius 1 is 0.377 bits per heavy atom. The molecule has 0 N–H and O–H groups in total. The highest BCUT2D eigenvalue weighted by Crippen LogP contribution is 2.50. The molecule has 0 radical (unpaired) electrons. The zero-order valence-electron chi connectivity index (χ0n) is 29.5. The minimum atomic E-state index is -0.0248. The van der Waals surface area contributed by atoms with Crippen molar-refractivity contribution in [3.63, 3.8) is 0 Å². The Labute approximate surface area is 308 Å². The van der Waals surface area contributed by atoms with E-state index < -0.39 is 0 Å². The summed E-state index contributed by atoms with van der Waals surface area (Å²) in [5.74, 6) is 1.39. The molecule has 10 rings (SSSR count). The smallest absolute Gasteiger partial charge is 0.160 e. The summed E-state index contributed by atoms with van der Waals surface area (Å²) in [6.07, 6.45) is 3.76. The van der Waals surface area contributed by atoms with Gasteiger partial charge >= 0.3 is 0 Å². The van der Waals surface area contributed by atoms with Gasteiger partial charge in [0.05, 0.1) is 11.4 Å². The number of hydrogen-bond acceptors (Lipinski definition) is 4. The van der Waals surface area contributed by atoms with Crippen LogP contribution in [0.5, 0.6) is 0 Å². The Hall–Kier alpha value is -6.78. The Morgan fingerprint density at radius 2 is 0.962 bits per heavy atom. The number of nitrogens with zero attached hydrogens (tertiary/aromatic N) is 4. The molecular formula is C49H34N4. The third kappa shape index (κ3) is 5.30.